The Bertz CT molecular complexity index is 1040. The van der Waals surface area contributed by atoms with E-state index in [-0.39, 0.29) is 18.6 Å². The second kappa shape index (κ2) is 8.09. The molecule has 2 heterocycles. The zero-order valence-electron chi connectivity index (χ0n) is 16.3. The molecule has 0 bridgehead atoms. The van der Waals surface area contributed by atoms with Crippen LogP contribution in [0.15, 0.2) is 60.7 Å². The van der Waals surface area contributed by atoms with Gasteiger partial charge in [0, 0.05) is 23.1 Å². The predicted octanol–water partition coefficient (Wildman–Crippen LogP) is 4.68. The van der Waals surface area contributed by atoms with E-state index in [1.807, 2.05) is 61.5 Å². The fraction of sp³-hybridized carbons (Fsp3) is 0.217. The van der Waals surface area contributed by atoms with Crippen molar-refractivity contribution in [3.05, 3.63) is 76.7 Å². The molecular weight excluding hydrogens is 386 g/mol. The summed E-state index contributed by atoms with van der Waals surface area (Å²) >= 11 is 1.37. The van der Waals surface area contributed by atoms with E-state index in [1.54, 1.807) is 18.0 Å². The number of esters is 1. The Labute approximate surface area is 173 Å². The van der Waals surface area contributed by atoms with E-state index in [1.165, 1.54) is 11.3 Å². The Morgan fingerprint density at radius 2 is 1.86 bits per heavy atom. The first-order valence-corrected chi connectivity index (χ1v) is 10.2. The predicted molar refractivity (Wildman–Crippen MR) is 112 cm³/mol. The molecule has 0 saturated heterocycles. The molecule has 1 aliphatic rings. The molecule has 0 saturated carbocycles. The zero-order valence-corrected chi connectivity index (χ0v) is 17.1. The number of likely N-dealkylation sites (N-methyl/N-ethyl adjacent to an activating group) is 1. The molecule has 0 unspecified atom stereocenters. The first-order valence-electron chi connectivity index (χ1n) is 9.37. The first-order chi connectivity index (χ1) is 14.0. The van der Waals surface area contributed by atoms with Crippen LogP contribution >= 0.6 is 11.3 Å². The third-order valence-electron chi connectivity index (χ3n) is 5.11. The van der Waals surface area contributed by atoms with Crippen LogP contribution in [0.4, 0.5) is 0 Å². The monoisotopic (exact) mass is 407 g/mol. The number of benzene rings is 2. The Kier molecular flexibility index (Phi) is 5.36. The fourth-order valence-corrected chi connectivity index (χ4v) is 4.36. The Hall–Kier alpha value is -3.12. The molecule has 2 aromatic carbocycles. The van der Waals surface area contributed by atoms with E-state index >= 15 is 0 Å². The number of carbonyl (C=O) groups is 2. The van der Waals surface area contributed by atoms with Crippen molar-refractivity contribution in [3.63, 3.8) is 0 Å². The maximum absolute atomic E-state index is 12.5. The molecule has 3 aromatic rings. The van der Waals surface area contributed by atoms with E-state index < -0.39 is 5.97 Å². The average Bonchev–Trinajstić information content (AvgIpc) is 3.22. The second-order valence-electron chi connectivity index (χ2n) is 6.92. The lowest BCUT2D eigenvalue weighted by Gasteiger charge is -2.25. The van der Waals surface area contributed by atoms with E-state index in [4.69, 9.17) is 9.47 Å². The Balaban J connectivity index is 1.41. The van der Waals surface area contributed by atoms with Crippen molar-refractivity contribution in [2.45, 2.75) is 19.6 Å². The smallest absolute Gasteiger partial charge is 0.348 e. The van der Waals surface area contributed by atoms with Crippen molar-refractivity contribution in [2.24, 2.45) is 0 Å². The van der Waals surface area contributed by atoms with E-state index in [9.17, 15) is 9.59 Å². The molecule has 29 heavy (non-hydrogen) atoms. The van der Waals surface area contributed by atoms with Crippen LogP contribution in [0.3, 0.4) is 0 Å². The summed E-state index contributed by atoms with van der Waals surface area (Å²) < 4.78 is 11.0. The lowest BCUT2D eigenvalue weighted by molar-refractivity contribution is -0.135. The molecule has 0 fully saturated rings. The summed E-state index contributed by atoms with van der Waals surface area (Å²) in [4.78, 5) is 28.1. The molecule has 0 radical (unpaired) electrons. The number of carbonyl (C=O) groups excluding carboxylic acids is 2. The second-order valence-corrected chi connectivity index (χ2v) is 7.97. The largest absolute Gasteiger partial charge is 0.488 e. The summed E-state index contributed by atoms with van der Waals surface area (Å²) in [6, 6.07) is 19.2. The number of hydrogen-bond donors (Lipinski definition) is 0. The van der Waals surface area contributed by atoms with Gasteiger partial charge in [0.1, 0.15) is 17.2 Å². The highest BCUT2D eigenvalue weighted by molar-refractivity contribution is 7.17. The number of amides is 1. The normalized spacial score (nSPS) is 12.9. The van der Waals surface area contributed by atoms with Crippen molar-refractivity contribution in [2.75, 3.05) is 13.7 Å². The summed E-state index contributed by atoms with van der Waals surface area (Å²) in [5.41, 5.74) is 2.96. The fourth-order valence-electron chi connectivity index (χ4n) is 3.27. The highest BCUT2D eigenvalue weighted by Gasteiger charge is 2.24. The van der Waals surface area contributed by atoms with Crippen molar-refractivity contribution in [1.82, 2.24) is 4.90 Å². The van der Waals surface area contributed by atoms with Gasteiger partial charge in [-0.05, 0) is 30.7 Å². The maximum atomic E-state index is 12.5. The highest BCUT2D eigenvalue weighted by Crippen LogP contribution is 2.42. The minimum absolute atomic E-state index is 0.106. The minimum Gasteiger partial charge on any atom is -0.488 e. The molecule has 1 aliphatic heterocycles. The summed E-state index contributed by atoms with van der Waals surface area (Å²) in [5, 5.41) is 0. The minimum atomic E-state index is -0.490. The Morgan fingerprint density at radius 3 is 2.66 bits per heavy atom. The molecule has 1 aromatic heterocycles. The van der Waals surface area contributed by atoms with Gasteiger partial charge in [-0.3, -0.25) is 4.79 Å². The van der Waals surface area contributed by atoms with Gasteiger partial charge in [-0.15, -0.1) is 11.3 Å². The first kappa shape index (κ1) is 19.2. The molecule has 148 valence electrons. The van der Waals surface area contributed by atoms with Crippen LogP contribution in [-0.4, -0.2) is 30.4 Å². The van der Waals surface area contributed by atoms with Crippen LogP contribution < -0.4 is 4.74 Å². The summed E-state index contributed by atoms with van der Waals surface area (Å²) in [5.74, 6) is 0.0779. The number of para-hydroxylation sites is 1. The number of hydrogen-bond acceptors (Lipinski definition) is 5. The third-order valence-corrected chi connectivity index (χ3v) is 6.30. The molecule has 4 rings (SSSR count). The molecular formula is C23H21NO4S. The summed E-state index contributed by atoms with van der Waals surface area (Å²) in [6.45, 7) is 2.08. The summed E-state index contributed by atoms with van der Waals surface area (Å²) in [6.07, 6.45) is 0. The van der Waals surface area contributed by atoms with Crippen molar-refractivity contribution < 1.29 is 19.1 Å². The standard InChI is InChI=1S/C23H21NO4S/c1-15(16-8-4-3-5-9-16)24(2)21(25)14-28-23(26)20-12-17-13-27-19-11-7-6-10-18(19)22(17)29-20/h3-12,15H,13-14H2,1-2H3/t15-/m1/s1. The third kappa shape index (κ3) is 3.89. The number of fused-ring (bicyclic) bond motifs is 3. The van der Waals surface area contributed by atoms with Crippen LogP contribution in [0.25, 0.3) is 10.4 Å². The highest BCUT2D eigenvalue weighted by atomic mass is 32.1. The van der Waals surface area contributed by atoms with Gasteiger partial charge >= 0.3 is 5.97 Å². The van der Waals surface area contributed by atoms with Gasteiger partial charge in [0.25, 0.3) is 5.91 Å². The Morgan fingerprint density at radius 1 is 1.14 bits per heavy atom. The lowest BCUT2D eigenvalue weighted by atomic mass is 10.1. The van der Waals surface area contributed by atoms with Gasteiger partial charge in [0.05, 0.1) is 6.04 Å². The van der Waals surface area contributed by atoms with Gasteiger partial charge in [0.15, 0.2) is 6.61 Å². The van der Waals surface area contributed by atoms with Gasteiger partial charge in [-0.1, -0.05) is 42.5 Å². The zero-order chi connectivity index (χ0) is 20.4. The topological polar surface area (TPSA) is 55.8 Å². The van der Waals surface area contributed by atoms with E-state index in [0.717, 1.165) is 27.3 Å². The molecule has 6 heteroatoms. The van der Waals surface area contributed by atoms with Crippen molar-refractivity contribution in [1.29, 1.82) is 0 Å². The van der Waals surface area contributed by atoms with Gasteiger partial charge in [-0.2, -0.15) is 0 Å². The van der Waals surface area contributed by atoms with Gasteiger partial charge < -0.3 is 14.4 Å². The number of ether oxygens (including phenoxy) is 2. The number of nitrogens with zero attached hydrogens (tertiary/aromatic N) is 1. The van der Waals surface area contributed by atoms with Gasteiger partial charge in [0.2, 0.25) is 0 Å². The summed E-state index contributed by atoms with van der Waals surface area (Å²) in [7, 11) is 1.71. The van der Waals surface area contributed by atoms with Gasteiger partial charge in [-0.25, -0.2) is 4.79 Å². The average molecular weight is 407 g/mol. The molecule has 0 aliphatic carbocycles. The van der Waals surface area contributed by atoms with Crippen LogP contribution in [-0.2, 0) is 16.1 Å². The number of thiophene rings is 1. The van der Waals surface area contributed by atoms with Crippen LogP contribution in [0.5, 0.6) is 5.75 Å². The molecule has 0 N–H and O–H groups in total. The number of rotatable bonds is 5. The lowest BCUT2D eigenvalue weighted by Crippen LogP contribution is -2.33. The quantitative estimate of drug-likeness (QED) is 0.576. The molecule has 0 spiro atoms. The molecule has 5 nitrogen and oxygen atoms in total. The van der Waals surface area contributed by atoms with Crippen molar-refractivity contribution in [3.8, 4) is 16.2 Å². The van der Waals surface area contributed by atoms with E-state index in [2.05, 4.69) is 0 Å². The molecule has 1 atom stereocenters. The van der Waals surface area contributed by atoms with Crippen molar-refractivity contribution >= 4 is 23.2 Å². The van der Waals surface area contributed by atoms with Crippen LogP contribution in [0.1, 0.15) is 33.8 Å². The maximum Gasteiger partial charge on any atom is 0.348 e. The van der Waals surface area contributed by atoms with E-state index in [0.29, 0.717) is 11.5 Å². The molecule has 1 amide bonds. The van der Waals surface area contributed by atoms with Crippen LogP contribution in [0, 0.1) is 0 Å². The SMILES string of the molecule is C[C@H](c1ccccc1)N(C)C(=O)COC(=O)c1cc2c(s1)-c1ccccc1OC2. The van der Waals surface area contributed by atoms with Crippen LogP contribution in [0.2, 0.25) is 0 Å².